The van der Waals surface area contributed by atoms with Crippen molar-refractivity contribution in [1.29, 1.82) is 0 Å². The Hall–Kier alpha value is -2.42. The van der Waals surface area contributed by atoms with Crippen LogP contribution >= 0.6 is 11.3 Å². The van der Waals surface area contributed by atoms with E-state index in [1.165, 1.54) is 6.26 Å². The van der Waals surface area contributed by atoms with Crippen molar-refractivity contribution >= 4 is 27.5 Å². The molecule has 1 aliphatic heterocycles. The van der Waals surface area contributed by atoms with Crippen molar-refractivity contribution < 1.29 is 28.3 Å². The van der Waals surface area contributed by atoms with E-state index in [1.54, 1.807) is 23.5 Å². The third kappa shape index (κ3) is 5.25. The number of likely N-dealkylation sites (N-methyl/N-ethyl adjacent to an activating group) is 1. The summed E-state index contributed by atoms with van der Waals surface area (Å²) < 4.78 is 19.3. The van der Waals surface area contributed by atoms with Gasteiger partial charge in [0.15, 0.2) is 6.10 Å². The first-order chi connectivity index (χ1) is 17.0. The number of fused-ring (bicyclic) bond motifs is 1. The number of esters is 1. The Bertz CT molecular complexity index is 1090. The summed E-state index contributed by atoms with van der Waals surface area (Å²) in [6.07, 6.45) is 7.76. The highest BCUT2D eigenvalue weighted by Gasteiger charge is 2.51. The first kappa shape index (κ1) is 24.3. The van der Waals surface area contributed by atoms with E-state index < -0.39 is 11.6 Å². The van der Waals surface area contributed by atoms with Gasteiger partial charge in [0.25, 0.3) is 5.19 Å². The maximum atomic E-state index is 13.4. The molecule has 2 aliphatic rings. The zero-order valence-corrected chi connectivity index (χ0v) is 21.2. The van der Waals surface area contributed by atoms with Gasteiger partial charge in [-0.1, -0.05) is 42.7 Å². The number of rotatable bonds is 9. The molecule has 1 saturated carbocycles. The average molecular weight is 500 g/mol. The van der Waals surface area contributed by atoms with Gasteiger partial charge < -0.3 is 23.5 Å². The van der Waals surface area contributed by atoms with Crippen LogP contribution in [-0.4, -0.2) is 59.9 Å². The van der Waals surface area contributed by atoms with Gasteiger partial charge in [0.05, 0.1) is 43.2 Å². The number of aliphatic hydroxyl groups is 1. The molecular formula is C27H35N2O5S+. The Morgan fingerprint density at radius 3 is 2.80 bits per heavy atom. The van der Waals surface area contributed by atoms with E-state index in [-0.39, 0.29) is 12.0 Å². The summed E-state index contributed by atoms with van der Waals surface area (Å²) in [5.41, 5.74) is -0.737. The van der Waals surface area contributed by atoms with Gasteiger partial charge in [0, 0.05) is 18.8 Å². The quantitative estimate of drug-likeness (QED) is 0.257. The molecule has 3 aromatic rings. The molecule has 7 nitrogen and oxygen atoms in total. The number of quaternary nitrogens is 1. The van der Waals surface area contributed by atoms with Gasteiger partial charge in [0.1, 0.15) is 12.3 Å². The Morgan fingerprint density at radius 1 is 1.20 bits per heavy atom. The Labute approximate surface area is 210 Å². The second-order valence-corrected chi connectivity index (χ2v) is 11.3. The van der Waals surface area contributed by atoms with Crippen molar-refractivity contribution in [1.82, 2.24) is 4.98 Å². The van der Waals surface area contributed by atoms with E-state index >= 15 is 0 Å². The highest BCUT2D eigenvalue weighted by Crippen LogP contribution is 2.41. The van der Waals surface area contributed by atoms with Crippen molar-refractivity contribution in [3.63, 3.8) is 0 Å². The maximum Gasteiger partial charge on any atom is 0.346 e. The van der Waals surface area contributed by atoms with Crippen molar-refractivity contribution in [2.24, 2.45) is 5.92 Å². The summed E-state index contributed by atoms with van der Waals surface area (Å²) in [5, 5.41) is 12.3. The molecule has 5 rings (SSSR count). The highest BCUT2D eigenvalue weighted by molar-refractivity contribution is 7.20. The predicted molar refractivity (Wildman–Crippen MR) is 134 cm³/mol. The number of aromatic nitrogens is 1. The van der Waals surface area contributed by atoms with Crippen LogP contribution in [0.4, 0.5) is 0 Å². The van der Waals surface area contributed by atoms with Crippen LogP contribution in [0.3, 0.4) is 0 Å². The molecule has 0 spiro atoms. The molecule has 2 fully saturated rings. The van der Waals surface area contributed by atoms with Gasteiger partial charge in [-0.3, -0.25) is 0 Å². The number of carbonyl (C=O) groups excluding carboxylic acids is 1. The molecule has 3 atom stereocenters. The number of furan rings is 1. The summed E-state index contributed by atoms with van der Waals surface area (Å²) >= 11 is 1.57. The monoisotopic (exact) mass is 499 g/mol. The van der Waals surface area contributed by atoms with E-state index in [0.717, 1.165) is 79.3 Å². The smallest absolute Gasteiger partial charge is 0.346 e. The molecule has 1 aromatic carbocycles. The van der Waals surface area contributed by atoms with Gasteiger partial charge in [0.2, 0.25) is 5.60 Å². The number of hydrogen-bond acceptors (Lipinski definition) is 7. The standard InChI is InChI=1S/C27H35N2O5S/c1-29(15-8-18-33-26-28-22-11-5-6-12-23(22)35-26)16-14-21(19-29)34-25(30)27(31,24-13-7-17-32-24)20-9-3-2-4-10-20/h5-7,11-13,17,20-21,31H,2-4,8-10,14-16,18-19H2,1H3/q+1. The van der Waals surface area contributed by atoms with E-state index in [4.69, 9.17) is 13.9 Å². The number of ether oxygens (including phenoxy) is 2. The Kier molecular flexibility index (Phi) is 7.14. The minimum absolute atomic E-state index is 0.170. The fraction of sp³-hybridized carbons (Fsp3) is 0.556. The van der Waals surface area contributed by atoms with Crippen molar-refractivity contribution in [3.8, 4) is 5.19 Å². The fourth-order valence-electron chi connectivity index (χ4n) is 5.67. The zero-order chi connectivity index (χ0) is 24.3. The largest absolute Gasteiger partial charge is 0.470 e. The van der Waals surface area contributed by atoms with Crippen LogP contribution in [0.25, 0.3) is 10.2 Å². The molecule has 1 N–H and O–H groups in total. The van der Waals surface area contributed by atoms with Crippen LogP contribution < -0.4 is 4.74 Å². The van der Waals surface area contributed by atoms with Crippen LogP contribution in [0.5, 0.6) is 5.19 Å². The van der Waals surface area contributed by atoms with E-state index in [9.17, 15) is 9.90 Å². The van der Waals surface area contributed by atoms with Crippen LogP contribution in [0, 0.1) is 5.92 Å². The molecule has 188 valence electrons. The number of para-hydroxylation sites is 1. The summed E-state index contributed by atoms with van der Waals surface area (Å²) in [7, 11) is 2.20. The molecular weight excluding hydrogens is 464 g/mol. The molecule has 1 aliphatic carbocycles. The third-order valence-electron chi connectivity index (χ3n) is 7.66. The molecule has 0 amide bonds. The predicted octanol–water partition coefficient (Wildman–Crippen LogP) is 4.89. The second kappa shape index (κ2) is 10.3. The van der Waals surface area contributed by atoms with Gasteiger partial charge in [-0.2, -0.15) is 0 Å². The highest BCUT2D eigenvalue weighted by atomic mass is 32.1. The van der Waals surface area contributed by atoms with Crippen molar-refractivity contribution in [2.75, 3.05) is 33.3 Å². The number of nitrogens with zero attached hydrogens (tertiary/aromatic N) is 2. The summed E-state index contributed by atoms with van der Waals surface area (Å²) in [6, 6.07) is 11.5. The van der Waals surface area contributed by atoms with Gasteiger partial charge in [-0.15, -0.1) is 0 Å². The SMILES string of the molecule is C[N+]1(CCCOc2nc3ccccc3s2)CCC(OC(=O)C(O)(c2ccco2)C2CCCCC2)C1. The molecule has 0 radical (unpaired) electrons. The van der Waals surface area contributed by atoms with Gasteiger partial charge in [-0.25, -0.2) is 9.78 Å². The molecule has 2 aromatic heterocycles. The number of thiazole rings is 1. The number of hydrogen-bond donors (Lipinski definition) is 1. The molecule has 8 heteroatoms. The van der Waals surface area contributed by atoms with E-state index in [2.05, 4.69) is 18.1 Å². The lowest BCUT2D eigenvalue weighted by atomic mass is 9.75. The normalized spacial score (nSPS) is 24.9. The maximum absolute atomic E-state index is 13.4. The Balaban J connectivity index is 1.14. The summed E-state index contributed by atoms with van der Waals surface area (Å²) in [5.74, 6) is -0.426. The Morgan fingerprint density at radius 2 is 2.03 bits per heavy atom. The topological polar surface area (TPSA) is 81.8 Å². The van der Waals surface area contributed by atoms with Gasteiger partial charge in [-0.05, 0) is 37.1 Å². The van der Waals surface area contributed by atoms with Crippen molar-refractivity contribution in [3.05, 3.63) is 48.4 Å². The molecule has 3 heterocycles. The van der Waals surface area contributed by atoms with Crippen LogP contribution in [-0.2, 0) is 15.1 Å². The first-order valence-corrected chi connectivity index (χ1v) is 13.6. The average Bonchev–Trinajstić information content (AvgIpc) is 3.62. The number of carbonyl (C=O) groups is 1. The van der Waals surface area contributed by atoms with Crippen molar-refractivity contribution in [2.45, 2.75) is 56.7 Å². The van der Waals surface area contributed by atoms with Gasteiger partial charge >= 0.3 is 5.97 Å². The van der Waals surface area contributed by atoms with Crippen LogP contribution in [0.1, 0.15) is 50.7 Å². The summed E-state index contributed by atoms with van der Waals surface area (Å²) in [6.45, 7) is 3.22. The molecule has 0 bridgehead atoms. The molecule has 3 unspecified atom stereocenters. The van der Waals surface area contributed by atoms with E-state index in [0.29, 0.717) is 17.6 Å². The summed E-state index contributed by atoms with van der Waals surface area (Å²) in [4.78, 5) is 17.9. The third-order valence-corrected chi connectivity index (χ3v) is 8.60. The van der Waals surface area contributed by atoms with E-state index in [1.807, 2.05) is 18.2 Å². The van der Waals surface area contributed by atoms with Crippen LogP contribution in [0.15, 0.2) is 47.1 Å². The lowest BCUT2D eigenvalue weighted by Crippen LogP contribution is -2.47. The lowest BCUT2D eigenvalue weighted by Gasteiger charge is -2.35. The number of benzene rings is 1. The minimum atomic E-state index is -1.71. The first-order valence-electron chi connectivity index (χ1n) is 12.8. The van der Waals surface area contributed by atoms with Crippen LogP contribution in [0.2, 0.25) is 0 Å². The molecule has 35 heavy (non-hydrogen) atoms. The number of likely N-dealkylation sites (tertiary alicyclic amines) is 1. The molecule has 1 saturated heterocycles. The lowest BCUT2D eigenvalue weighted by molar-refractivity contribution is -0.899. The second-order valence-electron chi connectivity index (χ2n) is 10.3. The fourth-order valence-corrected chi connectivity index (χ4v) is 6.51. The zero-order valence-electron chi connectivity index (χ0n) is 20.4. The minimum Gasteiger partial charge on any atom is -0.470 e.